The van der Waals surface area contributed by atoms with Gasteiger partial charge in [0.25, 0.3) is 0 Å². The highest BCUT2D eigenvalue weighted by Crippen LogP contribution is 2.37. The summed E-state index contributed by atoms with van der Waals surface area (Å²) in [7, 11) is 0. The lowest BCUT2D eigenvalue weighted by Gasteiger charge is -2.13. The average Bonchev–Trinajstić information content (AvgIpc) is 3.24. The minimum Gasteiger partial charge on any atom is -0.492 e. The van der Waals surface area contributed by atoms with Gasteiger partial charge >= 0.3 is 0 Å². The van der Waals surface area contributed by atoms with Crippen molar-refractivity contribution in [3.8, 4) is 5.75 Å². The molecule has 2 aliphatic rings. The molecular weight excluding hydrogens is 276 g/mol. The molecule has 0 saturated heterocycles. The van der Waals surface area contributed by atoms with Gasteiger partial charge in [-0.1, -0.05) is 6.92 Å². The van der Waals surface area contributed by atoms with Crippen molar-refractivity contribution in [2.75, 3.05) is 18.5 Å². The van der Waals surface area contributed by atoms with Crippen molar-refractivity contribution >= 4 is 24.0 Å². The fraction of sp³-hybridized carbons (Fsp3) is 0.533. The van der Waals surface area contributed by atoms with E-state index in [0.717, 1.165) is 30.1 Å². The average molecular weight is 297 g/mol. The quantitative estimate of drug-likeness (QED) is 0.901. The van der Waals surface area contributed by atoms with Crippen LogP contribution in [0.1, 0.15) is 25.3 Å². The van der Waals surface area contributed by atoms with Crippen LogP contribution in [0.2, 0.25) is 0 Å². The van der Waals surface area contributed by atoms with Gasteiger partial charge in [0.15, 0.2) is 0 Å². The minimum atomic E-state index is 0. The smallest absolute Gasteiger partial charge is 0.227 e. The van der Waals surface area contributed by atoms with E-state index in [0.29, 0.717) is 12.5 Å². The fourth-order valence-corrected chi connectivity index (χ4v) is 2.46. The number of halogens is 1. The number of carbonyl (C=O) groups excluding carboxylic acids is 1. The van der Waals surface area contributed by atoms with E-state index < -0.39 is 0 Å². The summed E-state index contributed by atoms with van der Waals surface area (Å²) in [6.45, 7) is 4.35. The number of hydrogen-bond acceptors (Lipinski definition) is 3. The second kappa shape index (κ2) is 6.46. The molecule has 1 aromatic rings. The number of ether oxygens (including phenoxy) is 1. The summed E-state index contributed by atoms with van der Waals surface area (Å²) in [6, 6.07) is 5.87. The van der Waals surface area contributed by atoms with Gasteiger partial charge in [-0.15, -0.1) is 12.4 Å². The Labute approximate surface area is 125 Å². The summed E-state index contributed by atoms with van der Waals surface area (Å²) in [6.07, 6.45) is 2.38. The molecule has 3 rings (SSSR count). The lowest BCUT2D eigenvalue weighted by Crippen LogP contribution is -2.22. The number of hydrogen-bond donors (Lipinski definition) is 2. The zero-order valence-electron chi connectivity index (χ0n) is 11.6. The van der Waals surface area contributed by atoms with Crippen molar-refractivity contribution in [1.82, 2.24) is 5.32 Å². The molecule has 20 heavy (non-hydrogen) atoms. The van der Waals surface area contributed by atoms with E-state index in [-0.39, 0.29) is 24.2 Å². The Kier molecular flexibility index (Phi) is 4.89. The van der Waals surface area contributed by atoms with Crippen LogP contribution in [0.15, 0.2) is 18.2 Å². The first kappa shape index (κ1) is 15.1. The number of benzene rings is 1. The number of fused-ring (bicyclic) bond motifs is 1. The third kappa shape index (κ3) is 3.44. The Morgan fingerprint density at radius 1 is 1.45 bits per heavy atom. The molecule has 1 heterocycles. The Hall–Kier alpha value is -1.26. The molecule has 1 aliphatic heterocycles. The molecule has 0 radical (unpaired) electrons. The van der Waals surface area contributed by atoms with E-state index in [1.165, 1.54) is 12.8 Å². The monoisotopic (exact) mass is 296 g/mol. The van der Waals surface area contributed by atoms with Gasteiger partial charge in [0.1, 0.15) is 12.4 Å². The van der Waals surface area contributed by atoms with Crippen LogP contribution in [0.25, 0.3) is 0 Å². The van der Waals surface area contributed by atoms with Gasteiger partial charge in [0.2, 0.25) is 5.91 Å². The lowest BCUT2D eigenvalue weighted by molar-refractivity contribution is -0.119. The van der Waals surface area contributed by atoms with E-state index in [1.807, 2.05) is 25.1 Å². The normalized spacial score (nSPS) is 18.9. The summed E-state index contributed by atoms with van der Waals surface area (Å²) in [5.41, 5.74) is 1.97. The van der Waals surface area contributed by atoms with Crippen molar-refractivity contribution in [2.24, 2.45) is 11.8 Å². The molecule has 0 spiro atoms. The molecule has 0 aromatic heterocycles. The van der Waals surface area contributed by atoms with Crippen molar-refractivity contribution in [2.45, 2.75) is 26.3 Å². The summed E-state index contributed by atoms with van der Waals surface area (Å²) >= 11 is 0. The molecule has 1 aromatic carbocycles. The Morgan fingerprint density at radius 2 is 2.25 bits per heavy atom. The number of amides is 1. The standard InChI is InChI=1S/C15H20N2O2.ClH/c1-10(11-2-3-11)15(18)17-13-4-5-14-12(8-13)9-16-6-7-19-14;/h4-5,8,10-11,16H,2-3,6-7,9H2,1H3,(H,17,18);1H. The van der Waals surface area contributed by atoms with Gasteiger partial charge in [-0.2, -0.15) is 0 Å². The molecule has 110 valence electrons. The van der Waals surface area contributed by atoms with Crippen LogP contribution in [-0.4, -0.2) is 19.1 Å². The van der Waals surface area contributed by atoms with Gasteiger partial charge in [0.05, 0.1) is 0 Å². The van der Waals surface area contributed by atoms with Gasteiger partial charge in [-0.05, 0) is 37.0 Å². The van der Waals surface area contributed by atoms with Crippen molar-refractivity contribution < 1.29 is 9.53 Å². The topological polar surface area (TPSA) is 50.4 Å². The maximum atomic E-state index is 12.1. The molecule has 0 bridgehead atoms. The van der Waals surface area contributed by atoms with Crippen LogP contribution in [-0.2, 0) is 11.3 Å². The SMILES string of the molecule is CC(C(=O)Nc1ccc2c(c1)CNCCO2)C1CC1.Cl. The first-order valence-electron chi connectivity index (χ1n) is 7.01. The van der Waals surface area contributed by atoms with E-state index in [2.05, 4.69) is 10.6 Å². The van der Waals surface area contributed by atoms with Crippen LogP contribution >= 0.6 is 12.4 Å². The maximum Gasteiger partial charge on any atom is 0.227 e. The van der Waals surface area contributed by atoms with E-state index in [4.69, 9.17) is 4.74 Å². The molecule has 1 fully saturated rings. The number of carbonyl (C=O) groups is 1. The largest absolute Gasteiger partial charge is 0.492 e. The molecule has 1 aliphatic carbocycles. The molecular formula is C15H21ClN2O2. The highest BCUT2D eigenvalue weighted by atomic mass is 35.5. The maximum absolute atomic E-state index is 12.1. The van der Waals surface area contributed by atoms with Crippen LogP contribution < -0.4 is 15.4 Å². The molecule has 1 atom stereocenters. The van der Waals surface area contributed by atoms with Gasteiger partial charge in [0, 0.05) is 30.3 Å². The van der Waals surface area contributed by atoms with Gasteiger partial charge in [-0.25, -0.2) is 0 Å². The fourth-order valence-electron chi connectivity index (χ4n) is 2.46. The Bertz CT molecular complexity index is 489. The van der Waals surface area contributed by atoms with Crippen LogP contribution in [0.4, 0.5) is 5.69 Å². The predicted octanol–water partition coefficient (Wildman–Crippen LogP) is 2.58. The highest BCUT2D eigenvalue weighted by molar-refractivity contribution is 5.92. The molecule has 4 nitrogen and oxygen atoms in total. The van der Waals surface area contributed by atoms with Crippen molar-refractivity contribution in [3.63, 3.8) is 0 Å². The van der Waals surface area contributed by atoms with Gasteiger partial charge < -0.3 is 15.4 Å². The second-order valence-electron chi connectivity index (χ2n) is 5.46. The first-order valence-corrected chi connectivity index (χ1v) is 7.01. The predicted molar refractivity (Wildman–Crippen MR) is 81.4 cm³/mol. The van der Waals surface area contributed by atoms with E-state index in [9.17, 15) is 4.79 Å². The minimum absolute atomic E-state index is 0. The molecule has 1 amide bonds. The van der Waals surface area contributed by atoms with Crippen LogP contribution in [0, 0.1) is 11.8 Å². The number of anilines is 1. The first-order chi connectivity index (χ1) is 9.24. The molecule has 1 unspecified atom stereocenters. The third-order valence-corrected chi connectivity index (χ3v) is 3.92. The van der Waals surface area contributed by atoms with Crippen molar-refractivity contribution in [1.29, 1.82) is 0 Å². The van der Waals surface area contributed by atoms with Crippen molar-refractivity contribution in [3.05, 3.63) is 23.8 Å². The van der Waals surface area contributed by atoms with Gasteiger partial charge in [-0.3, -0.25) is 4.79 Å². The zero-order valence-corrected chi connectivity index (χ0v) is 12.5. The molecule has 2 N–H and O–H groups in total. The summed E-state index contributed by atoms with van der Waals surface area (Å²) in [5, 5.41) is 6.31. The van der Waals surface area contributed by atoms with Crippen LogP contribution in [0.3, 0.4) is 0 Å². The second-order valence-corrected chi connectivity index (χ2v) is 5.46. The van der Waals surface area contributed by atoms with E-state index >= 15 is 0 Å². The molecule has 5 heteroatoms. The Morgan fingerprint density at radius 3 is 3.00 bits per heavy atom. The highest BCUT2D eigenvalue weighted by Gasteiger charge is 2.32. The lowest BCUT2D eigenvalue weighted by atomic mass is 10.1. The van der Waals surface area contributed by atoms with E-state index in [1.54, 1.807) is 0 Å². The van der Waals surface area contributed by atoms with Crippen LogP contribution in [0.5, 0.6) is 5.75 Å². The summed E-state index contributed by atoms with van der Waals surface area (Å²) in [5.74, 6) is 1.75. The third-order valence-electron chi connectivity index (χ3n) is 3.92. The summed E-state index contributed by atoms with van der Waals surface area (Å²) < 4.78 is 5.63. The summed E-state index contributed by atoms with van der Waals surface area (Å²) in [4.78, 5) is 12.1. The number of rotatable bonds is 3. The zero-order chi connectivity index (χ0) is 13.2. The molecule has 1 saturated carbocycles. The Balaban J connectivity index is 0.00000147. The number of nitrogens with one attached hydrogen (secondary N) is 2.